The molecule has 5 heteroatoms. The van der Waals surface area contributed by atoms with Crippen LogP contribution >= 0.6 is 0 Å². The van der Waals surface area contributed by atoms with Crippen molar-refractivity contribution in [2.75, 3.05) is 6.54 Å². The van der Waals surface area contributed by atoms with Crippen molar-refractivity contribution < 1.29 is 4.79 Å². The molecule has 2 aromatic rings. The van der Waals surface area contributed by atoms with E-state index in [9.17, 15) is 9.59 Å². The highest BCUT2D eigenvalue weighted by molar-refractivity contribution is 5.91. The van der Waals surface area contributed by atoms with Crippen molar-refractivity contribution in [1.82, 2.24) is 15.3 Å². The molecule has 19 heavy (non-hydrogen) atoms. The lowest BCUT2D eigenvalue weighted by Crippen LogP contribution is -2.27. The van der Waals surface area contributed by atoms with E-state index >= 15 is 0 Å². The number of hydrogen-bond acceptors (Lipinski definition) is 3. The van der Waals surface area contributed by atoms with Crippen LogP contribution in [0.1, 0.15) is 21.6 Å². The molecule has 2 N–H and O–H groups in total. The second-order valence-corrected chi connectivity index (χ2v) is 4.23. The molecule has 98 valence electrons. The summed E-state index contributed by atoms with van der Waals surface area (Å²) in [5.41, 5.74) is 2.30. The first kappa shape index (κ1) is 13.0. The molecule has 0 saturated heterocycles. The lowest BCUT2D eigenvalue weighted by molar-refractivity contribution is 0.0948. The highest BCUT2D eigenvalue weighted by atomic mass is 16.2. The molecule has 0 unspecified atom stereocenters. The number of hydrogen-bond donors (Lipinski definition) is 2. The average molecular weight is 257 g/mol. The lowest BCUT2D eigenvalue weighted by atomic mass is 10.1. The predicted octanol–water partition coefficient (Wildman–Crippen LogP) is 1.05. The molecule has 1 aromatic carbocycles. The first-order chi connectivity index (χ1) is 9.16. The smallest absolute Gasteiger partial charge is 0.271 e. The fourth-order valence-electron chi connectivity index (χ4n) is 1.76. The highest BCUT2D eigenvalue weighted by Crippen LogP contribution is 2.06. The minimum absolute atomic E-state index is 0.212. The maximum atomic E-state index is 11.7. The molecule has 0 saturated carbocycles. The van der Waals surface area contributed by atoms with E-state index in [1.807, 2.05) is 31.2 Å². The predicted molar refractivity (Wildman–Crippen MR) is 72.1 cm³/mol. The van der Waals surface area contributed by atoms with E-state index in [-0.39, 0.29) is 17.2 Å². The van der Waals surface area contributed by atoms with Crippen molar-refractivity contribution in [3.05, 3.63) is 63.8 Å². The molecular formula is C14H15N3O2. The van der Waals surface area contributed by atoms with Gasteiger partial charge in [0.1, 0.15) is 5.69 Å². The summed E-state index contributed by atoms with van der Waals surface area (Å²) in [5.74, 6) is -0.287. The Bertz CT molecular complexity index is 614. The van der Waals surface area contributed by atoms with Gasteiger partial charge < -0.3 is 10.3 Å². The first-order valence-electron chi connectivity index (χ1n) is 6.04. The van der Waals surface area contributed by atoms with E-state index < -0.39 is 0 Å². The van der Waals surface area contributed by atoms with Gasteiger partial charge in [-0.3, -0.25) is 9.59 Å². The SMILES string of the molecule is Cc1ccccc1CCNC(=O)c1c[nH]c(=O)cn1. The molecule has 0 bridgehead atoms. The van der Waals surface area contributed by atoms with Gasteiger partial charge in [-0.2, -0.15) is 0 Å². The summed E-state index contributed by atoms with van der Waals surface area (Å²) in [7, 11) is 0. The average Bonchev–Trinajstić information content (AvgIpc) is 2.41. The summed E-state index contributed by atoms with van der Waals surface area (Å²) in [5, 5.41) is 2.77. The molecule has 0 spiro atoms. The van der Waals surface area contributed by atoms with Crippen molar-refractivity contribution in [2.45, 2.75) is 13.3 Å². The number of aromatic nitrogens is 2. The molecule has 1 heterocycles. The summed E-state index contributed by atoms with van der Waals surface area (Å²) >= 11 is 0. The maximum Gasteiger partial charge on any atom is 0.271 e. The van der Waals surface area contributed by atoms with Crippen LogP contribution < -0.4 is 10.9 Å². The zero-order chi connectivity index (χ0) is 13.7. The number of carbonyl (C=O) groups is 1. The van der Waals surface area contributed by atoms with Crippen LogP contribution in [-0.2, 0) is 6.42 Å². The Kier molecular flexibility index (Phi) is 4.07. The molecule has 1 amide bonds. The van der Waals surface area contributed by atoms with Gasteiger partial charge in [-0.15, -0.1) is 0 Å². The van der Waals surface area contributed by atoms with Gasteiger partial charge in [0.15, 0.2) is 0 Å². The molecular weight excluding hydrogens is 242 g/mol. The standard InChI is InChI=1S/C14H15N3O2/c1-10-4-2-3-5-11(10)6-7-15-14(19)12-8-17-13(18)9-16-12/h2-5,8-9H,6-7H2,1H3,(H,15,19)(H,17,18). The van der Waals surface area contributed by atoms with Crippen LogP contribution in [0.15, 0.2) is 41.5 Å². The van der Waals surface area contributed by atoms with Crippen LogP contribution in [0.5, 0.6) is 0 Å². The first-order valence-corrected chi connectivity index (χ1v) is 6.04. The minimum Gasteiger partial charge on any atom is -0.350 e. The third kappa shape index (κ3) is 3.51. The monoisotopic (exact) mass is 257 g/mol. The molecule has 0 aliphatic heterocycles. The van der Waals surface area contributed by atoms with E-state index in [0.717, 1.165) is 12.6 Å². The second-order valence-electron chi connectivity index (χ2n) is 4.23. The second kappa shape index (κ2) is 5.95. The molecule has 0 aliphatic carbocycles. The van der Waals surface area contributed by atoms with E-state index in [2.05, 4.69) is 15.3 Å². The number of amides is 1. The quantitative estimate of drug-likeness (QED) is 0.859. The summed E-state index contributed by atoms with van der Waals surface area (Å²) in [6.07, 6.45) is 3.17. The van der Waals surface area contributed by atoms with E-state index in [4.69, 9.17) is 0 Å². The number of nitrogens with zero attached hydrogens (tertiary/aromatic N) is 1. The Labute approximate surface area is 110 Å². The minimum atomic E-state index is -0.323. The molecule has 5 nitrogen and oxygen atoms in total. The van der Waals surface area contributed by atoms with E-state index in [1.165, 1.54) is 17.3 Å². The van der Waals surface area contributed by atoms with Crippen LogP contribution in [0.2, 0.25) is 0 Å². The normalized spacial score (nSPS) is 10.2. The Balaban J connectivity index is 1.89. The number of rotatable bonds is 4. The van der Waals surface area contributed by atoms with Crippen LogP contribution in [0, 0.1) is 6.92 Å². The van der Waals surface area contributed by atoms with Crippen LogP contribution in [0.3, 0.4) is 0 Å². The Morgan fingerprint density at radius 2 is 2.16 bits per heavy atom. The number of aromatic amines is 1. The van der Waals surface area contributed by atoms with Gasteiger partial charge in [0.25, 0.3) is 11.5 Å². The Hall–Kier alpha value is -2.43. The summed E-state index contributed by atoms with van der Waals surface area (Å²) in [4.78, 5) is 28.8. The van der Waals surface area contributed by atoms with Crippen molar-refractivity contribution >= 4 is 5.91 Å². The fraction of sp³-hybridized carbons (Fsp3) is 0.214. The summed E-state index contributed by atoms with van der Waals surface area (Å²) in [6, 6.07) is 8.05. The van der Waals surface area contributed by atoms with Crippen molar-refractivity contribution in [3.63, 3.8) is 0 Å². The fourth-order valence-corrected chi connectivity index (χ4v) is 1.76. The molecule has 0 radical (unpaired) electrons. The van der Waals surface area contributed by atoms with E-state index in [1.54, 1.807) is 0 Å². The zero-order valence-corrected chi connectivity index (χ0v) is 10.6. The Morgan fingerprint density at radius 3 is 2.84 bits per heavy atom. The number of aryl methyl sites for hydroxylation is 1. The maximum absolute atomic E-state index is 11.7. The third-order valence-electron chi connectivity index (χ3n) is 2.85. The van der Waals surface area contributed by atoms with Gasteiger partial charge in [-0.25, -0.2) is 4.98 Å². The van der Waals surface area contributed by atoms with Crippen molar-refractivity contribution in [2.24, 2.45) is 0 Å². The Morgan fingerprint density at radius 1 is 1.37 bits per heavy atom. The van der Waals surface area contributed by atoms with Crippen molar-refractivity contribution in [3.8, 4) is 0 Å². The largest absolute Gasteiger partial charge is 0.350 e. The van der Waals surface area contributed by atoms with Crippen LogP contribution in [0.4, 0.5) is 0 Å². The van der Waals surface area contributed by atoms with E-state index in [0.29, 0.717) is 6.54 Å². The molecule has 0 atom stereocenters. The van der Waals surface area contributed by atoms with Crippen LogP contribution in [-0.4, -0.2) is 22.4 Å². The molecule has 1 aromatic heterocycles. The molecule has 0 fully saturated rings. The lowest BCUT2D eigenvalue weighted by Gasteiger charge is -2.06. The van der Waals surface area contributed by atoms with Crippen molar-refractivity contribution in [1.29, 1.82) is 0 Å². The number of nitrogens with one attached hydrogen (secondary N) is 2. The number of benzene rings is 1. The van der Waals surface area contributed by atoms with Gasteiger partial charge in [-0.1, -0.05) is 24.3 Å². The summed E-state index contributed by atoms with van der Waals surface area (Å²) < 4.78 is 0. The topological polar surface area (TPSA) is 74.8 Å². The van der Waals surface area contributed by atoms with Gasteiger partial charge >= 0.3 is 0 Å². The van der Waals surface area contributed by atoms with Gasteiger partial charge in [0, 0.05) is 12.7 Å². The molecule has 0 aliphatic rings. The van der Waals surface area contributed by atoms with Gasteiger partial charge in [-0.05, 0) is 24.5 Å². The van der Waals surface area contributed by atoms with Crippen LogP contribution in [0.25, 0.3) is 0 Å². The zero-order valence-electron chi connectivity index (χ0n) is 10.6. The number of H-pyrrole nitrogens is 1. The van der Waals surface area contributed by atoms with Gasteiger partial charge in [0.05, 0.1) is 6.20 Å². The highest BCUT2D eigenvalue weighted by Gasteiger charge is 2.06. The molecule has 2 rings (SSSR count). The number of carbonyl (C=O) groups excluding carboxylic acids is 1. The van der Waals surface area contributed by atoms with Gasteiger partial charge in [0.2, 0.25) is 0 Å². The third-order valence-corrected chi connectivity index (χ3v) is 2.85. The summed E-state index contributed by atoms with van der Waals surface area (Å²) in [6.45, 7) is 2.57.